The molecule has 0 aliphatic carbocycles. The normalized spacial score (nSPS) is 20.8. The molecule has 1 amide bonds. The van der Waals surface area contributed by atoms with Crippen LogP contribution in [0, 0.1) is 5.41 Å². The molecule has 74 valence electrons. The summed E-state index contributed by atoms with van der Waals surface area (Å²) in [7, 11) is 0. The van der Waals surface area contributed by atoms with E-state index in [-0.39, 0.29) is 11.3 Å². The number of rotatable bonds is 3. The monoisotopic (exact) mass is 182 g/mol. The first-order chi connectivity index (χ1) is 6.06. The molecule has 0 saturated heterocycles. The molecular formula is C10H18N2O. The fraction of sp³-hybridized carbons (Fsp3) is 0.800. The van der Waals surface area contributed by atoms with Crippen LogP contribution in [-0.2, 0) is 4.79 Å². The predicted molar refractivity (Wildman–Crippen MR) is 53.8 cm³/mol. The number of amidine groups is 1. The number of amides is 1. The molecule has 1 N–H and O–H groups in total. The summed E-state index contributed by atoms with van der Waals surface area (Å²) in [5.41, 5.74) is -0.324. The van der Waals surface area contributed by atoms with Crippen molar-refractivity contribution < 1.29 is 4.79 Å². The highest BCUT2D eigenvalue weighted by Gasteiger charge is 2.31. The number of nitrogens with zero attached hydrogens (tertiary/aromatic N) is 1. The summed E-state index contributed by atoms with van der Waals surface area (Å²) in [4.78, 5) is 15.9. The summed E-state index contributed by atoms with van der Waals surface area (Å²) in [5.74, 6) is 0.972. The maximum atomic E-state index is 11.5. The zero-order valence-electron chi connectivity index (χ0n) is 8.68. The number of nitrogens with one attached hydrogen (secondary N) is 1. The third-order valence-electron chi connectivity index (χ3n) is 2.30. The molecule has 1 aliphatic heterocycles. The largest absolute Gasteiger partial charge is 0.314 e. The molecule has 3 nitrogen and oxygen atoms in total. The molecule has 1 aliphatic rings. The van der Waals surface area contributed by atoms with Crippen LogP contribution in [0.5, 0.6) is 0 Å². The Balaban J connectivity index is 2.54. The van der Waals surface area contributed by atoms with E-state index in [9.17, 15) is 4.79 Å². The SMILES string of the molecule is CCCCC1=NCC(C)(C)C(=O)N1. The molecule has 0 aromatic carbocycles. The fourth-order valence-electron chi connectivity index (χ4n) is 1.19. The van der Waals surface area contributed by atoms with Gasteiger partial charge in [0.15, 0.2) is 0 Å². The van der Waals surface area contributed by atoms with Crippen LogP contribution < -0.4 is 5.32 Å². The third-order valence-corrected chi connectivity index (χ3v) is 2.30. The van der Waals surface area contributed by atoms with E-state index in [0.29, 0.717) is 6.54 Å². The van der Waals surface area contributed by atoms with Crippen molar-refractivity contribution in [2.24, 2.45) is 10.4 Å². The Hall–Kier alpha value is -0.860. The van der Waals surface area contributed by atoms with Crippen molar-refractivity contribution in [1.29, 1.82) is 0 Å². The van der Waals surface area contributed by atoms with Gasteiger partial charge < -0.3 is 5.32 Å². The van der Waals surface area contributed by atoms with Crippen LogP contribution in [-0.4, -0.2) is 18.3 Å². The van der Waals surface area contributed by atoms with Gasteiger partial charge in [0, 0.05) is 6.42 Å². The van der Waals surface area contributed by atoms with Gasteiger partial charge in [-0.05, 0) is 20.3 Å². The molecule has 0 spiro atoms. The second-order valence-corrected chi connectivity index (χ2v) is 4.20. The van der Waals surface area contributed by atoms with E-state index >= 15 is 0 Å². The van der Waals surface area contributed by atoms with Gasteiger partial charge in [-0.25, -0.2) is 0 Å². The summed E-state index contributed by atoms with van der Waals surface area (Å²) in [5, 5.41) is 2.85. The van der Waals surface area contributed by atoms with Crippen LogP contribution in [0.15, 0.2) is 4.99 Å². The molecule has 13 heavy (non-hydrogen) atoms. The molecule has 0 unspecified atom stereocenters. The Morgan fingerprint density at radius 3 is 2.77 bits per heavy atom. The minimum atomic E-state index is -0.324. The lowest BCUT2D eigenvalue weighted by Crippen LogP contribution is -2.46. The molecule has 0 atom stereocenters. The molecule has 0 fully saturated rings. The Labute approximate surface area is 79.6 Å². The maximum Gasteiger partial charge on any atom is 0.232 e. The average molecular weight is 182 g/mol. The van der Waals surface area contributed by atoms with E-state index in [1.54, 1.807) is 0 Å². The number of unbranched alkanes of at least 4 members (excludes halogenated alkanes) is 1. The van der Waals surface area contributed by atoms with E-state index < -0.39 is 0 Å². The molecule has 1 heterocycles. The average Bonchev–Trinajstić information content (AvgIpc) is 2.07. The van der Waals surface area contributed by atoms with Crippen LogP contribution in [0.1, 0.15) is 40.0 Å². The van der Waals surface area contributed by atoms with Crippen LogP contribution >= 0.6 is 0 Å². The molecule has 0 radical (unpaired) electrons. The highest BCUT2D eigenvalue weighted by molar-refractivity contribution is 6.02. The lowest BCUT2D eigenvalue weighted by atomic mass is 9.91. The van der Waals surface area contributed by atoms with Crippen molar-refractivity contribution in [3.05, 3.63) is 0 Å². The van der Waals surface area contributed by atoms with Gasteiger partial charge in [0.05, 0.1) is 12.0 Å². The first kappa shape index (κ1) is 10.2. The van der Waals surface area contributed by atoms with Crippen LogP contribution in [0.3, 0.4) is 0 Å². The first-order valence-corrected chi connectivity index (χ1v) is 4.91. The minimum Gasteiger partial charge on any atom is -0.314 e. The number of hydrogen-bond donors (Lipinski definition) is 1. The first-order valence-electron chi connectivity index (χ1n) is 4.91. The topological polar surface area (TPSA) is 41.5 Å². The quantitative estimate of drug-likeness (QED) is 0.709. The fourth-order valence-corrected chi connectivity index (χ4v) is 1.19. The highest BCUT2D eigenvalue weighted by atomic mass is 16.2. The van der Waals surface area contributed by atoms with E-state index in [1.165, 1.54) is 0 Å². The summed E-state index contributed by atoms with van der Waals surface area (Å²) in [6, 6.07) is 0. The summed E-state index contributed by atoms with van der Waals surface area (Å²) in [6.07, 6.45) is 3.14. The standard InChI is InChI=1S/C10H18N2O/c1-4-5-6-8-11-7-10(2,3)9(13)12-8/h4-7H2,1-3H3,(H,11,12,13). The Bertz CT molecular complexity index is 231. The van der Waals surface area contributed by atoms with Gasteiger partial charge >= 0.3 is 0 Å². The van der Waals surface area contributed by atoms with Gasteiger partial charge in [-0.3, -0.25) is 9.79 Å². The third kappa shape index (κ3) is 2.54. The van der Waals surface area contributed by atoms with E-state index in [4.69, 9.17) is 0 Å². The number of carbonyl (C=O) groups excluding carboxylic acids is 1. The molecule has 1 rings (SSSR count). The lowest BCUT2D eigenvalue weighted by Gasteiger charge is -2.27. The zero-order chi connectivity index (χ0) is 9.90. The second-order valence-electron chi connectivity index (χ2n) is 4.20. The van der Waals surface area contributed by atoms with Gasteiger partial charge in [-0.15, -0.1) is 0 Å². The van der Waals surface area contributed by atoms with Gasteiger partial charge in [-0.1, -0.05) is 13.3 Å². The highest BCUT2D eigenvalue weighted by Crippen LogP contribution is 2.19. The van der Waals surface area contributed by atoms with E-state index in [1.807, 2.05) is 13.8 Å². The molecule has 0 aromatic heterocycles. The van der Waals surface area contributed by atoms with Gasteiger partial charge in [-0.2, -0.15) is 0 Å². The van der Waals surface area contributed by atoms with Crippen LogP contribution in [0.2, 0.25) is 0 Å². The smallest absolute Gasteiger partial charge is 0.232 e. The van der Waals surface area contributed by atoms with Gasteiger partial charge in [0.25, 0.3) is 0 Å². The van der Waals surface area contributed by atoms with E-state index in [2.05, 4.69) is 17.2 Å². The molecule has 0 saturated carbocycles. The molecule has 3 heteroatoms. The van der Waals surface area contributed by atoms with E-state index in [0.717, 1.165) is 25.1 Å². The molecule has 0 bridgehead atoms. The van der Waals surface area contributed by atoms with Crippen molar-refractivity contribution in [3.63, 3.8) is 0 Å². The Morgan fingerprint density at radius 1 is 1.54 bits per heavy atom. The van der Waals surface area contributed by atoms with Crippen LogP contribution in [0.4, 0.5) is 0 Å². The maximum absolute atomic E-state index is 11.5. The second kappa shape index (κ2) is 3.90. The summed E-state index contributed by atoms with van der Waals surface area (Å²) in [6.45, 7) is 6.60. The summed E-state index contributed by atoms with van der Waals surface area (Å²) >= 11 is 0. The van der Waals surface area contributed by atoms with Crippen molar-refractivity contribution >= 4 is 11.7 Å². The van der Waals surface area contributed by atoms with Crippen molar-refractivity contribution in [2.75, 3.05) is 6.54 Å². The Kier molecular flexibility index (Phi) is 3.07. The number of aliphatic imine (C=N–C) groups is 1. The number of hydrogen-bond acceptors (Lipinski definition) is 2. The predicted octanol–water partition coefficient (Wildman–Crippen LogP) is 1.73. The Morgan fingerprint density at radius 2 is 2.23 bits per heavy atom. The van der Waals surface area contributed by atoms with Gasteiger partial charge in [0.1, 0.15) is 5.84 Å². The minimum absolute atomic E-state index is 0.105. The lowest BCUT2D eigenvalue weighted by molar-refractivity contribution is -0.127. The zero-order valence-corrected chi connectivity index (χ0v) is 8.68. The molecular weight excluding hydrogens is 164 g/mol. The van der Waals surface area contributed by atoms with Crippen molar-refractivity contribution in [2.45, 2.75) is 40.0 Å². The summed E-state index contributed by atoms with van der Waals surface area (Å²) < 4.78 is 0. The van der Waals surface area contributed by atoms with Crippen LogP contribution in [0.25, 0.3) is 0 Å². The molecule has 0 aromatic rings. The van der Waals surface area contributed by atoms with Gasteiger partial charge in [0.2, 0.25) is 5.91 Å². The van der Waals surface area contributed by atoms with Crippen molar-refractivity contribution in [1.82, 2.24) is 5.32 Å². The number of carbonyl (C=O) groups is 1. The van der Waals surface area contributed by atoms with Crippen molar-refractivity contribution in [3.8, 4) is 0 Å².